The summed E-state index contributed by atoms with van der Waals surface area (Å²) in [4.78, 5) is 20.4. The van der Waals surface area contributed by atoms with Crippen LogP contribution in [0.5, 0.6) is 0 Å². The fourth-order valence-electron chi connectivity index (χ4n) is 0.445. The van der Waals surface area contributed by atoms with Gasteiger partial charge in [0.1, 0.15) is 6.04 Å². The van der Waals surface area contributed by atoms with E-state index in [0.717, 1.165) is 0 Å². The minimum atomic E-state index is -0.650. The van der Waals surface area contributed by atoms with Gasteiger partial charge in [-0.3, -0.25) is 0 Å². The lowest BCUT2D eigenvalue weighted by molar-refractivity contribution is -0.134. The molecule has 0 aromatic rings. The van der Waals surface area contributed by atoms with Crippen molar-refractivity contribution in [1.29, 1.82) is 0 Å². The highest BCUT2D eigenvalue weighted by Gasteiger charge is 2.27. The van der Waals surface area contributed by atoms with Crippen molar-refractivity contribution in [1.82, 2.24) is 5.32 Å². The topological polar surface area (TPSA) is 55.4 Å². The SMILES string of the molecule is CC1NC(=O)OC1=O.[HH]. The highest BCUT2D eigenvalue weighted by Crippen LogP contribution is 1.96. The summed E-state index contributed by atoms with van der Waals surface area (Å²) in [7, 11) is 0. The molecule has 1 aliphatic heterocycles. The smallest absolute Gasteiger partial charge is 0.375 e. The van der Waals surface area contributed by atoms with Crippen molar-refractivity contribution in [3.8, 4) is 0 Å². The second-order valence-electron chi connectivity index (χ2n) is 1.57. The van der Waals surface area contributed by atoms with Gasteiger partial charge in [0.15, 0.2) is 0 Å². The molecule has 1 heterocycles. The first-order valence-electron chi connectivity index (χ1n) is 2.22. The molecule has 1 fully saturated rings. The molecule has 1 atom stereocenters. The second-order valence-corrected chi connectivity index (χ2v) is 1.57. The van der Waals surface area contributed by atoms with Gasteiger partial charge in [0.2, 0.25) is 0 Å². The predicted molar refractivity (Wildman–Crippen MR) is 26.2 cm³/mol. The van der Waals surface area contributed by atoms with E-state index in [1.807, 2.05) is 0 Å². The van der Waals surface area contributed by atoms with Crippen LogP contribution in [0.2, 0.25) is 0 Å². The number of amides is 1. The van der Waals surface area contributed by atoms with Gasteiger partial charge in [0.25, 0.3) is 0 Å². The van der Waals surface area contributed by atoms with Gasteiger partial charge < -0.3 is 10.1 Å². The van der Waals surface area contributed by atoms with Gasteiger partial charge in [0, 0.05) is 1.43 Å². The molecule has 0 aliphatic carbocycles. The minimum Gasteiger partial charge on any atom is -0.375 e. The maximum Gasteiger partial charge on any atom is 0.415 e. The lowest BCUT2D eigenvalue weighted by Gasteiger charge is -1.88. The fourth-order valence-corrected chi connectivity index (χ4v) is 0.445. The van der Waals surface area contributed by atoms with Crippen LogP contribution in [0, 0.1) is 0 Å². The van der Waals surface area contributed by atoms with Crippen molar-refractivity contribution < 1.29 is 15.8 Å². The van der Waals surface area contributed by atoms with Crippen LogP contribution in [0.15, 0.2) is 0 Å². The Kier molecular flexibility index (Phi) is 0.932. The molecule has 0 aromatic carbocycles. The lowest BCUT2D eigenvalue weighted by atomic mass is 10.4. The normalized spacial score (nSPS) is 27.4. The van der Waals surface area contributed by atoms with Gasteiger partial charge in [-0.15, -0.1) is 0 Å². The first-order chi connectivity index (χ1) is 3.70. The van der Waals surface area contributed by atoms with Crippen molar-refractivity contribution >= 4 is 12.1 Å². The number of hydrogen-bond acceptors (Lipinski definition) is 3. The Bertz CT molecular complexity index is 147. The van der Waals surface area contributed by atoms with Crippen LogP contribution < -0.4 is 5.32 Å². The van der Waals surface area contributed by atoms with Gasteiger partial charge in [-0.1, -0.05) is 0 Å². The number of carbonyl (C=O) groups excluding carboxylic acids is 2. The van der Waals surface area contributed by atoms with E-state index in [4.69, 9.17) is 0 Å². The average molecular weight is 117 g/mol. The number of carbonyl (C=O) groups is 2. The zero-order valence-electron chi connectivity index (χ0n) is 4.30. The van der Waals surface area contributed by atoms with Crippen molar-refractivity contribution in [2.45, 2.75) is 13.0 Å². The van der Waals surface area contributed by atoms with Crippen LogP contribution in [0.3, 0.4) is 0 Å². The summed E-state index contributed by atoms with van der Waals surface area (Å²) in [5, 5.41) is 2.26. The molecule has 0 bridgehead atoms. The number of alkyl carbamates (subject to hydrolysis) is 1. The van der Waals surface area contributed by atoms with E-state index in [-0.39, 0.29) is 1.43 Å². The zero-order valence-corrected chi connectivity index (χ0v) is 4.30. The summed E-state index contributed by atoms with van der Waals surface area (Å²) in [5.41, 5.74) is 0. The molecular formula is C4H7NO3. The molecule has 4 heteroatoms. The van der Waals surface area contributed by atoms with Crippen molar-refractivity contribution in [2.75, 3.05) is 0 Å². The van der Waals surface area contributed by atoms with Gasteiger partial charge in [-0.05, 0) is 6.92 Å². The monoisotopic (exact) mass is 117 g/mol. The van der Waals surface area contributed by atoms with Crippen LogP contribution in [-0.2, 0) is 9.53 Å². The summed E-state index contributed by atoms with van der Waals surface area (Å²) in [6, 6.07) is -0.470. The quantitative estimate of drug-likeness (QED) is 0.355. The Morgan fingerprint density at radius 2 is 2.38 bits per heavy atom. The largest absolute Gasteiger partial charge is 0.415 e. The molecule has 0 saturated carbocycles. The van der Waals surface area contributed by atoms with E-state index in [2.05, 4.69) is 10.1 Å². The predicted octanol–water partition coefficient (Wildman–Crippen LogP) is -0.113. The molecular weight excluding hydrogens is 110 g/mol. The van der Waals surface area contributed by atoms with Crippen LogP contribution in [0.25, 0.3) is 0 Å². The first-order valence-corrected chi connectivity index (χ1v) is 2.22. The molecule has 46 valence electrons. The molecule has 1 amide bonds. The molecule has 4 nitrogen and oxygen atoms in total. The molecule has 1 rings (SSSR count). The third-order valence-corrected chi connectivity index (χ3v) is 0.881. The molecule has 1 unspecified atom stereocenters. The molecule has 1 saturated heterocycles. The average Bonchev–Trinajstić information content (AvgIpc) is 1.85. The lowest BCUT2D eigenvalue weighted by Crippen LogP contribution is -2.24. The maximum atomic E-state index is 10.3. The van der Waals surface area contributed by atoms with E-state index in [9.17, 15) is 9.59 Å². The van der Waals surface area contributed by atoms with Crippen LogP contribution in [-0.4, -0.2) is 18.1 Å². The molecule has 0 radical (unpaired) electrons. The van der Waals surface area contributed by atoms with Gasteiger partial charge in [0.05, 0.1) is 0 Å². The summed E-state index contributed by atoms with van der Waals surface area (Å²) in [5.74, 6) is -0.505. The molecule has 1 aliphatic rings. The summed E-state index contributed by atoms with van der Waals surface area (Å²) in [6.07, 6.45) is -0.650. The molecule has 0 spiro atoms. The van der Waals surface area contributed by atoms with Crippen molar-refractivity contribution in [2.24, 2.45) is 0 Å². The van der Waals surface area contributed by atoms with E-state index in [1.165, 1.54) is 0 Å². The van der Waals surface area contributed by atoms with E-state index >= 15 is 0 Å². The number of esters is 1. The Balaban J connectivity index is 0.000000640. The molecule has 8 heavy (non-hydrogen) atoms. The van der Waals surface area contributed by atoms with Gasteiger partial charge in [-0.2, -0.15) is 0 Å². The van der Waals surface area contributed by atoms with E-state index in [0.29, 0.717) is 0 Å². The number of ether oxygens (including phenoxy) is 1. The second kappa shape index (κ2) is 1.47. The van der Waals surface area contributed by atoms with Crippen molar-refractivity contribution in [3.63, 3.8) is 0 Å². The van der Waals surface area contributed by atoms with Crippen LogP contribution >= 0.6 is 0 Å². The standard InChI is InChI=1S/C4H5NO3.H2/c1-2-3(6)8-4(7)5-2;/h2H,1H3,(H,5,7);1H. The van der Waals surface area contributed by atoms with E-state index in [1.54, 1.807) is 6.92 Å². The Morgan fingerprint density at radius 1 is 1.75 bits per heavy atom. The summed E-state index contributed by atoms with van der Waals surface area (Å²) < 4.78 is 4.08. The van der Waals surface area contributed by atoms with Gasteiger partial charge in [-0.25, -0.2) is 9.59 Å². The Morgan fingerprint density at radius 3 is 2.50 bits per heavy atom. The summed E-state index contributed by atoms with van der Waals surface area (Å²) >= 11 is 0. The third kappa shape index (κ3) is 0.641. The van der Waals surface area contributed by atoms with Crippen molar-refractivity contribution in [3.05, 3.63) is 0 Å². The number of nitrogens with one attached hydrogen (secondary N) is 1. The number of rotatable bonds is 0. The zero-order chi connectivity index (χ0) is 6.15. The highest BCUT2D eigenvalue weighted by molar-refractivity contribution is 5.94. The first kappa shape index (κ1) is 5.08. The molecule has 1 N–H and O–H groups in total. The third-order valence-electron chi connectivity index (χ3n) is 0.881. The highest BCUT2D eigenvalue weighted by atomic mass is 16.6. The van der Waals surface area contributed by atoms with Crippen LogP contribution in [0.1, 0.15) is 8.35 Å². The fraction of sp³-hybridized carbons (Fsp3) is 0.500. The van der Waals surface area contributed by atoms with Gasteiger partial charge >= 0.3 is 12.1 Å². The molecule has 0 aromatic heterocycles. The minimum absolute atomic E-state index is 0. The maximum absolute atomic E-state index is 10.3. The van der Waals surface area contributed by atoms with Crippen LogP contribution in [0.4, 0.5) is 4.79 Å². The Labute approximate surface area is 47.3 Å². The Hall–Kier alpha value is -1.06. The number of cyclic esters (lactones) is 2. The number of hydrogen-bond donors (Lipinski definition) is 1. The van der Waals surface area contributed by atoms with E-state index < -0.39 is 18.1 Å². The summed E-state index contributed by atoms with van der Waals surface area (Å²) in [6.45, 7) is 1.56.